The van der Waals surface area contributed by atoms with E-state index in [1.807, 2.05) is 0 Å². The van der Waals surface area contributed by atoms with Crippen LogP contribution in [-0.2, 0) is 6.42 Å². The van der Waals surface area contributed by atoms with Crippen LogP contribution in [0.25, 0.3) is 0 Å². The highest BCUT2D eigenvalue weighted by molar-refractivity contribution is 5.67. The van der Waals surface area contributed by atoms with Crippen molar-refractivity contribution < 1.29 is 0 Å². The topological polar surface area (TPSA) is 15.3 Å². The summed E-state index contributed by atoms with van der Waals surface area (Å²) in [5.74, 6) is 0.711. The Bertz CT molecular complexity index is 398. The van der Waals surface area contributed by atoms with Gasteiger partial charge in [-0.3, -0.25) is 0 Å². The van der Waals surface area contributed by atoms with Crippen LogP contribution in [0, 0.1) is 6.92 Å². The molecule has 0 spiro atoms. The smallest absolute Gasteiger partial charge is 0.0432 e. The molecule has 1 N–H and O–H groups in total. The number of nitrogens with zero attached hydrogens (tertiary/aromatic N) is 1. The van der Waals surface area contributed by atoms with Crippen LogP contribution in [0.15, 0.2) is 12.1 Å². The lowest BCUT2D eigenvalue weighted by molar-refractivity contribution is 0.625. The van der Waals surface area contributed by atoms with E-state index in [9.17, 15) is 0 Å². The van der Waals surface area contributed by atoms with E-state index >= 15 is 0 Å². The van der Waals surface area contributed by atoms with Crippen LogP contribution in [0.5, 0.6) is 0 Å². The minimum absolute atomic E-state index is 0.711. The van der Waals surface area contributed by atoms with Crippen molar-refractivity contribution in [3.8, 4) is 0 Å². The average molecular weight is 202 g/mol. The van der Waals surface area contributed by atoms with E-state index in [4.69, 9.17) is 0 Å². The molecule has 2 aliphatic rings. The predicted octanol–water partition coefficient (Wildman–Crippen LogP) is 1.67. The monoisotopic (exact) mass is 202 g/mol. The lowest BCUT2D eigenvalue weighted by Gasteiger charge is -2.16. The predicted molar refractivity (Wildman–Crippen MR) is 63.8 cm³/mol. The first-order valence-corrected chi connectivity index (χ1v) is 5.81. The first-order valence-electron chi connectivity index (χ1n) is 5.81. The minimum Gasteiger partial charge on any atom is -0.373 e. The molecule has 3 rings (SSSR count). The van der Waals surface area contributed by atoms with E-state index in [0.29, 0.717) is 5.92 Å². The van der Waals surface area contributed by atoms with Gasteiger partial charge >= 0.3 is 0 Å². The molecule has 0 fully saturated rings. The second kappa shape index (κ2) is 3.24. The van der Waals surface area contributed by atoms with Crippen molar-refractivity contribution in [2.75, 3.05) is 31.6 Å². The Kier molecular flexibility index (Phi) is 1.99. The van der Waals surface area contributed by atoms with Gasteiger partial charge < -0.3 is 10.2 Å². The lowest BCUT2D eigenvalue weighted by atomic mass is 9.93. The van der Waals surface area contributed by atoms with Gasteiger partial charge in [0, 0.05) is 31.7 Å². The molecule has 0 aliphatic carbocycles. The summed E-state index contributed by atoms with van der Waals surface area (Å²) in [5.41, 5.74) is 6.12. The average Bonchev–Trinajstić information content (AvgIpc) is 2.43. The van der Waals surface area contributed by atoms with Crippen LogP contribution in [0.1, 0.15) is 22.6 Å². The van der Waals surface area contributed by atoms with Crippen molar-refractivity contribution in [2.45, 2.75) is 19.3 Å². The molecule has 2 heteroatoms. The first-order chi connectivity index (χ1) is 7.27. The molecule has 0 unspecified atom stereocenters. The summed E-state index contributed by atoms with van der Waals surface area (Å²) in [4.78, 5) is 2.42. The molecule has 0 saturated heterocycles. The SMILES string of the molecule is Cc1ccc2c3c1N(C)C[C@@H]3CNCC2. The minimum atomic E-state index is 0.711. The third-order valence-electron chi connectivity index (χ3n) is 3.76. The molecule has 1 aromatic carbocycles. The number of aryl methyl sites for hydroxylation is 1. The van der Waals surface area contributed by atoms with Gasteiger partial charge in [0.1, 0.15) is 0 Å². The second-order valence-electron chi connectivity index (χ2n) is 4.84. The van der Waals surface area contributed by atoms with Gasteiger partial charge in [-0.15, -0.1) is 0 Å². The van der Waals surface area contributed by atoms with Crippen molar-refractivity contribution in [3.63, 3.8) is 0 Å². The fourth-order valence-corrected chi connectivity index (χ4v) is 3.12. The Morgan fingerprint density at radius 2 is 2.27 bits per heavy atom. The lowest BCUT2D eigenvalue weighted by Crippen LogP contribution is -2.24. The summed E-state index contributed by atoms with van der Waals surface area (Å²) >= 11 is 0. The zero-order chi connectivity index (χ0) is 10.4. The number of likely N-dealkylation sites (N-methyl/N-ethyl adjacent to an activating group) is 1. The van der Waals surface area contributed by atoms with Crippen molar-refractivity contribution in [3.05, 3.63) is 28.8 Å². The molecule has 0 aromatic heterocycles. The molecular weight excluding hydrogens is 184 g/mol. The Labute approximate surface area is 91.3 Å². The molecule has 0 bridgehead atoms. The summed E-state index contributed by atoms with van der Waals surface area (Å²) in [5, 5.41) is 3.54. The molecule has 0 radical (unpaired) electrons. The maximum atomic E-state index is 3.54. The summed E-state index contributed by atoms with van der Waals surface area (Å²) in [7, 11) is 2.22. The maximum Gasteiger partial charge on any atom is 0.0432 e. The second-order valence-corrected chi connectivity index (χ2v) is 4.84. The fraction of sp³-hybridized carbons (Fsp3) is 0.538. The van der Waals surface area contributed by atoms with E-state index in [0.717, 1.165) is 13.1 Å². The molecule has 2 aliphatic heterocycles. The molecule has 1 atom stereocenters. The molecule has 0 saturated carbocycles. The summed E-state index contributed by atoms with van der Waals surface area (Å²) in [6, 6.07) is 4.60. The van der Waals surface area contributed by atoms with Gasteiger partial charge in [0.25, 0.3) is 0 Å². The van der Waals surface area contributed by atoms with Crippen LogP contribution in [0.4, 0.5) is 5.69 Å². The normalized spacial score (nSPS) is 23.9. The highest BCUT2D eigenvalue weighted by Gasteiger charge is 2.30. The van der Waals surface area contributed by atoms with Crippen LogP contribution >= 0.6 is 0 Å². The highest BCUT2D eigenvalue weighted by Crippen LogP contribution is 2.40. The Hall–Kier alpha value is -1.02. The molecule has 0 amide bonds. The Balaban J connectivity index is 2.22. The highest BCUT2D eigenvalue weighted by atomic mass is 15.1. The van der Waals surface area contributed by atoms with Gasteiger partial charge in [0.05, 0.1) is 0 Å². The van der Waals surface area contributed by atoms with Gasteiger partial charge in [-0.05, 0) is 36.6 Å². The fourth-order valence-electron chi connectivity index (χ4n) is 3.12. The van der Waals surface area contributed by atoms with E-state index in [1.165, 1.54) is 24.2 Å². The first kappa shape index (κ1) is 9.22. The van der Waals surface area contributed by atoms with Crippen LogP contribution in [0.3, 0.4) is 0 Å². The summed E-state index contributed by atoms with van der Waals surface area (Å²) < 4.78 is 0. The zero-order valence-corrected chi connectivity index (χ0v) is 9.51. The number of rotatable bonds is 0. The van der Waals surface area contributed by atoms with Crippen molar-refractivity contribution in [1.82, 2.24) is 5.32 Å². The van der Waals surface area contributed by atoms with Gasteiger partial charge in [-0.25, -0.2) is 0 Å². The third-order valence-corrected chi connectivity index (χ3v) is 3.76. The van der Waals surface area contributed by atoms with E-state index in [-0.39, 0.29) is 0 Å². The van der Waals surface area contributed by atoms with Gasteiger partial charge in [0.15, 0.2) is 0 Å². The van der Waals surface area contributed by atoms with Crippen LogP contribution < -0.4 is 10.2 Å². The van der Waals surface area contributed by atoms with Crippen molar-refractivity contribution in [2.24, 2.45) is 0 Å². The molecule has 2 nitrogen and oxygen atoms in total. The number of benzene rings is 1. The number of hydrogen-bond acceptors (Lipinski definition) is 2. The summed E-state index contributed by atoms with van der Waals surface area (Å²) in [6.45, 7) is 5.69. The quantitative estimate of drug-likeness (QED) is 0.688. The van der Waals surface area contributed by atoms with Crippen LogP contribution in [-0.4, -0.2) is 26.7 Å². The molecule has 2 heterocycles. The van der Waals surface area contributed by atoms with E-state index in [2.05, 4.69) is 36.3 Å². The number of anilines is 1. The Morgan fingerprint density at radius 3 is 3.13 bits per heavy atom. The summed E-state index contributed by atoms with van der Waals surface area (Å²) in [6.07, 6.45) is 1.19. The molecular formula is C13H18N2. The van der Waals surface area contributed by atoms with E-state index in [1.54, 1.807) is 11.1 Å². The third kappa shape index (κ3) is 1.28. The molecule has 15 heavy (non-hydrogen) atoms. The van der Waals surface area contributed by atoms with Crippen molar-refractivity contribution >= 4 is 5.69 Å². The van der Waals surface area contributed by atoms with Gasteiger partial charge in [-0.2, -0.15) is 0 Å². The molecule has 1 aromatic rings. The van der Waals surface area contributed by atoms with Crippen molar-refractivity contribution in [1.29, 1.82) is 0 Å². The standard InChI is InChI=1S/C13H18N2/c1-9-3-4-10-5-6-14-7-11-8-15(2)13(9)12(10)11/h3-4,11,14H,5-8H2,1-2H3/t11-/m0/s1. The zero-order valence-electron chi connectivity index (χ0n) is 9.51. The van der Waals surface area contributed by atoms with Gasteiger partial charge in [-0.1, -0.05) is 12.1 Å². The van der Waals surface area contributed by atoms with Gasteiger partial charge in [0.2, 0.25) is 0 Å². The number of nitrogens with one attached hydrogen (secondary N) is 1. The van der Waals surface area contributed by atoms with Crippen LogP contribution in [0.2, 0.25) is 0 Å². The molecule has 80 valence electrons. The largest absolute Gasteiger partial charge is 0.373 e. The number of hydrogen-bond donors (Lipinski definition) is 1. The maximum absolute atomic E-state index is 3.54. The Morgan fingerprint density at radius 1 is 1.40 bits per heavy atom. The van der Waals surface area contributed by atoms with E-state index < -0.39 is 0 Å².